The van der Waals surface area contributed by atoms with Gasteiger partial charge in [-0.3, -0.25) is 9.59 Å². The first-order chi connectivity index (χ1) is 11.6. The van der Waals surface area contributed by atoms with Crippen molar-refractivity contribution in [3.05, 3.63) is 59.9 Å². The molecule has 1 aliphatic carbocycles. The summed E-state index contributed by atoms with van der Waals surface area (Å²) in [6.07, 6.45) is 4.33. The fourth-order valence-corrected chi connectivity index (χ4v) is 2.95. The summed E-state index contributed by atoms with van der Waals surface area (Å²) in [5.41, 5.74) is 1.33. The van der Waals surface area contributed by atoms with Crippen LogP contribution >= 0.6 is 0 Å². The van der Waals surface area contributed by atoms with Crippen LogP contribution in [0.4, 0.5) is 5.69 Å². The van der Waals surface area contributed by atoms with Crippen LogP contribution in [0.15, 0.2) is 48.5 Å². The Morgan fingerprint density at radius 1 is 1.00 bits per heavy atom. The molecule has 1 aromatic carbocycles. The number of rotatable bonds is 4. The number of hydrogen-bond acceptors (Lipinski definition) is 3. The monoisotopic (exact) mass is 323 g/mol. The summed E-state index contributed by atoms with van der Waals surface area (Å²) < 4.78 is 0. The molecule has 1 aromatic heterocycles. The van der Waals surface area contributed by atoms with Gasteiger partial charge in [-0.15, -0.1) is 0 Å². The molecule has 0 radical (unpaired) electrons. The Morgan fingerprint density at radius 3 is 2.38 bits per heavy atom. The molecule has 0 spiro atoms. The maximum atomic E-state index is 12.6. The fraction of sp³-hybridized carbons (Fsp3) is 0.316. The fourth-order valence-electron chi connectivity index (χ4n) is 2.95. The largest absolute Gasteiger partial charge is 0.348 e. The first kappa shape index (κ1) is 16.2. The van der Waals surface area contributed by atoms with Crippen LogP contribution in [-0.2, 0) is 0 Å². The molecule has 1 fully saturated rings. The van der Waals surface area contributed by atoms with Gasteiger partial charge in [-0.1, -0.05) is 37.1 Å². The number of pyridine rings is 1. The predicted molar refractivity (Wildman–Crippen MR) is 93.1 cm³/mol. The number of carbonyl (C=O) groups is 2. The topological polar surface area (TPSA) is 62.3 Å². The van der Waals surface area contributed by atoms with E-state index in [0.29, 0.717) is 0 Å². The van der Waals surface area contributed by atoms with Gasteiger partial charge in [-0.2, -0.15) is 0 Å². The normalized spacial score (nSPS) is 14.4. The standard InChI is InChI=1S/C19H21N3O2/c1-22(15-10-3-2-4-11-15)19(24)17-13-7-12-16(21-17)18(23)20-14-8-5-6-9-14/h2-4,7,10-14H,5-6,8-9H2,1H3,(H,20,23). The van der Waals surface area contributed by atoms with Gasteiger partial charge in [0.2, 0.25) is 0 Å². The molecular weight excluding hydrogens is 302 g/mol. The third-order valence-corrected chi connectivity index (χ3v) is 4.34. The average Bonchev–Trinajstić information content (AvgIpc) is 3.14. The highest BCUT2D eigenvalue weighted by molar-refractivity contribution is 6.05. The predicted octanol–water partition coefficient (Wildman–Crippen LogP) is 3.03. The van der Waals surface area contributed by atoms with Crippen LogP contribution < -0.4 is 10.2 Å². The van der Waals surface area contributed by atoms with E-state index in [0.717, 1.165) is 31.4 Å². The second-order valence-corrected chi connectivity index (χ2v) is 6.06. The Bertz CT molecular complexity index is 724. The zero-order valence-electron chi connectivity index (χ0n) is 13.7. The summed E-state index contributed by atoms with van der Waals surface area (Å²) in [7, 11) is 1.70. The molecule has 1 heterocycles. The van der Waals surface area contributed by atoms with Gasteiger partial charge in [-0.05, 0) is 37.1 Å². The maximum Gasteiger partial charge on any atom is 0.276 e. The summed E-state index contributed by atoms with van der Waals surface area (Å²) in [5.74, 6) is -0.448. The van der Waals surface area contributed by atoms with E-state index in [2.05, 4.69) is 10.3 Å². The van der Waals surface area contributed by atoms with Crippen molar-refractivity contribution in [2.45, 2.75) is 31.7 Å². The molecule has 0 bridgehead atoms. The Balaban J connectivity index is 1.74. The molecule has 0 aliphatic heterocycles. The maximum absolute atomic E-state index is 12.6. The summed E-state index contributed by atoms with van der Waals surface area (Å²) in [4.78, 5) is 30.7. The number of nitrogens with zero attached hydrogens (tertiary/aromatic N) is 2. The number of hydrogen-bond donors (Lipinski definition) is 1. The molecule has 2 amide bonds. The van der Waals surface area contributed by atoms with Crippen molar-refractivity contribution in [2.75, 3.05) is 11.9 Å². The van der Waals surface area contributed by atoms with Crippen molar-refractivity contribution >= 4 is 17.5 Å². The van der Waals surface area contributed by atoms with Crippen molar-refractivity contribution in [2.24, 2.45) is 0 Å². The minimum atomic E-state index is -0.239. The molecule has 124 valence electrons. The molecule has 1 aliphatic rings. The van der Waals surface area contributed by atoms with Crippen LogP contribution in [0.5, 0.6) is 0 Å². The first-order valence-corrected chi connectivity index (χ1v) is 8.26. The lowest BCUT2D eigenvalue weighted by molar-refractivity contribution is 0.0932. The quantitative estimate of drug-likeness (QED) is 0.941. The SMILES string of the molecule is CN(C(=O)c1cccc(C(=O)NC2CCCC2)n1)c1ccccc1. The van der Waals surface area contributed by atoms with Crippen molar-refractivity contribution in [3.63, 3.8) is 0 Å². The molecule has 24 heavy (non-hydrogen) atoms. The van der Waals surface area contributed by atoms with Gasteiger partial charge in [0.15, 0.2) is 0 Å². The van der Waals surface area contributed by atoms with Crippen LogP contribution in [0, 0.1) is 0 Å². The molecule has 0 unspecified atom stereocenters. The molecular formula is C19H21N3O2. The summed E-state index contributed by atoms with van der Waals surface area (Å²) in [5, 5.41) is 3.00. The van der Waals surface area contributed by atoms with Crippen LogP contribution in [0.3, 0.4) is 0 Å². The van der Waals surface area contributed by atoms with Crippen LogP contribution in [-0.4, -0.2) is 29.9 Å². The molecule has 1 N–H and O–H groups in total. The van der Waals surface area contributed by atoms with Gasteiger partial charge < -0.3 is 10.2 Å². The zero-order valence-corrected chi connectivity index (χ0v) is 13.7. The lowest BCUT2D eigenvalue weighted by atomic mass is 10.2. The Hall–Kier alpha value is -2.69. The van der Waals surface area contributed by atoms with Gasteiger partial charge in [0, 0.05) is 18.8 Å². The zero-order chi connectivity index (χ0) is 16.9. The number of nitrogens with one attached hydrogen (secondary N) is 1. The van der Waals surface area contributed by atoms with Gasteiger partial charge in [0.1, 0.15) is 11.4 Å². The second-order valence-electron chi connectivity index (χ2n) is 6.06. The minimum absolute atomic E-state index is 0.209. The van der Waals surface area contributed by atoms with Gasteiger partial charge in [0.25, 0.3) is 11.8 Å². The highest BCUT2D eigenvalue weighted by atomic mass is 16.2. The molecule has 3 rings (SSSR count). The molecule has 2 aromatic rings. The summed E-state index contributed by atoms with van der Waals surface area (Å²) >= 11 is 0. The number of para-hydroxylation sites is 1. The van der Waals surface area contributed by atoms with E-state index in [9.17, 15) is 9.59 Å². The minimum Gasteiger partial charge on any atom is -0.348 e. The van der Waals surface area contributed by atoms with Crippen LogP contribution in [0.2, 0.25) is 0 Å². The smallest absolute Gasteiger partial charge is 0.276 e. The van der Waals surface area contributed by atoms with Gasteiger partial charge in [-0.25, -0.2) is 4.98 Å². The third kappa shape index (κ3) is 3.62. The van der Waals surface area contributed by atoms with Gasteiger partial charge >= 0.3 is 0 Å². The molecule has 5 nitrogen and oxygen atoms in total. The summed E-state index contributed by atoms with van der Waals surface area (Å²) in [6.45, 7) is 0. The molecule has 0 atom stereocenters. The van der Waals surface area contributed by atoms with Crippen molar-refractivity contribution in [1.82, 2.24) is 10.3 Å². The van der Waals surface area contributed by atoms with E-state index in [1.807, 2.05) is 30.3 Å². The Labute approximate surface area is 141 Å². The van der Waals surface area contributed by atoms with E-state index in [1.165, 1.54) is 4.90 Å². The second kappa shape index (κ2) is 7.25. The number of amides is 2. The third-order valence-electron chi connectivity index (χ3n) is 4.34. The number of benzene rings is 1. The molecule has 1 saturated carbocycles. The Kier molecular flexibility index (Phi) is 4.89. The number of anilines is 1. The Morgan fingerprint density at radius 2 is 1.67 bits per heavy atom. The number of aromatic nitrogens is 1. The van der Waals surface area contributed by atoms with Crippen molar-refractivity contribution < 1.29 is 9.59 Å². The van der Waals surface area contributed by atoms with Crippen LogP contribution in [0.25, 0.3) is 0 Å². The lowest BCUT2D eigenvalue weighted by Gasteiger charge is -2.17. The van der Waals surface area contributed by atoms with E-state index in [-0.39, 0.29) is 29.2 Å². The van der Waals surface area contributed by atoms with Crippen LogP contribution in [0.1, 0.15) is 46.7 Å². The summed E-state index contributed by atoms with van der Waals surface area (Å²) in [6, 6.07) is 14.6. The first-order valence-electron chi connectivity index (χ1n) is 8.26. The highest BCUT2D eigenvalue weighted by Crippen LogP contribution is 2.18. The van der Waals surface area contributed by atoms with E-state index < -0.39 is 0 Å². The van der Waals surface area contributed by atoms with E-state index >= 15 is 0 Å². The van der Waals surface area contributed by atoms with Crippen molar-refractivity contribution in [3.8, 4) is 0 Å². The van der Waals surface area contributed by atoms with E-state index in [1.54, 1.807) is 25.2 Å². The lowest BCUT2D eigenvalue weighted by Crippen LogP contribution is -2.34. The van der Waals surface area contributed by atoms with E-state index in [4.69, 9.17) is 0 Å². The number of carbonyl (C=O) groups excluding carboxylic acids is 2. The molecule has 0 saturated heterocycles. The average molecular weight is 323 g/mol. The highest BCUT2D eigenvalue weighted by Gasteiger charge is 2.20. The van der Waals surface area contributed by atoms with Gasteiger partial charge in [0.05, 0.1) is 0 Å². The van der Waals surface area contributed by atoms with Crippen molar-refractivity contribution in [1.29, 1.82) is 0 Å². The molecule has 5 heteroatoms.